The number of hydrogen-bond donors (Lipinski definition) is 1. The molecule has 0 aliphatic heterocycles. The molecule has 146 valence electrons. The summed E-state index contributed by atoms with van der Waals surface area (Å²) in [5.41, 5.74) is 4.65. The van der Waals surface area contributed by atoms with Crippen LogP contribution in [-0.2, 0) is 6.42 Å². The average molecular weight is 373 g/mol. The van der Waals surface area contributed by atoms with Gasteiger partial charge in [0.2, 0.25) is 0 Å². The van der Waals surface area contributed by atoms with Crippen molar-refractivity contribution in [1.82, 2.24) is 0 Å². The summed E-state index contributed by atoms with van der Waals surface area (Å²) in [6.45, 7) is 12.3. The first kappa shape index (κ1) is 21.4. The maximum atomic E-state index is 4.78. The van der Waals surface area contributed by atoms with E-state index in [9.17, 15) is 0 Å². The summed E-state index contributed by atoms with van der Waals surface area (Å²) in [6, 6.07) is 19.1. The fourth-order valence-corrected chi connectivity index (χ4v) is 2.85. The normalized spacial score (nSPS) is 13.8. The fraction of sp³-hybridized carbons (Fsp3) is 0.269. The zero-order valence-electron chi connectivity index (χ0n) is 17.5. The van der Waals surface area contributed by atoms with Gasteiger partial charge in [-0.2, -0.15) is 0 Å². The quantitative estimate of drug-likeness (QED) is 0.307. The molecule has 1 N–H and O–H groups in total. The molecule has 0 aliphatic carbocycles. The van der Waals surface area contributed by atoms with Crippen molar-refractivity contribution < 1.29 is 0 Å². The third-order valence-corrected chi connectivity index (χ3v) is 4.30. The Balaban J connectivity index is 2.12. The second kappa shape index (κ2) is 11.1. The molecule has 1 unspecified atom stereocenters. The lowest BCUT2D eigenvalue weighted by molar-refractivity contribution is 0.724. The van der Waals surface area contributed by atoms with E-state index < -0.39 is 0 Å². The molecule has 0 saturated heterocycles. The third kappa shape index (κ3) is 7.40. The molecule has 2 heteroatoms. The van der Waals surface area contributed by atoms with E-state index >= 15 is 0 Å². The first-order valence-corrected chi connectivity index (χ1v) is 9.94. The molecule has 0 saturated carbocycles. The molecule has 0 amide bonds. The van der Waals surface area contributed by atoms with Crippen LogP contribution >= 0.6 is 0 Å². The Morgan fingerprint density at radius 1 is 1.07 bits per heavy atom. The highest BCUT2D eigenvalue weighted by Gasteiger charge is 2.06. The van der Waals surface area contributed by atoms with E-state index in [1.54, 1.807) is 0 Å². The van der Waals surface area contributed by atoms with Crippen molar-refractivity contribution in [2.45, 2.75) is 40.2 Å². The first-order valence-electron chi connectivity index (χ1n) is 9.94. The van der Waals surface area contributed by atoms with Crippen LogP contribution in [0.2, 0.25) is 0 Å². The van der Waals surface area contributed by atoms with E-state index in [4.69, 9.17) is 4.99 Å². The van der Waals surface area contributed by atoms with Crippen molar-refractivity contribution in [3.63, 3.8) is 0 Å². The van der Waals surface area contributed by atoms with Gasteiger partial charge in [-0.05, 0) is 50.8 Å². The Morgan fingerprint density at radius 2 is 1.82 bits per heavy atom. The van der Waals surface area contributed by atoms with Crippen molar-refractivity contribution in [3.8, 4) is 0 Å². The number of rotatable bonds is 8. The zero-order valence-corrected chi connectivity index (χ0v) is 17.5. The number of allylic oxidation sites excluding steroid dienone is 5. The predicted octanol–water partition coefficient (Wildman–Crippen LogP) is 6.82. The molecule has 0 spiro atoms. The zero-order chi connectivity index (χ0) is 20.4. The molecule has 0 aromatic heterocycles. The van der Waals surface area contributed by atoms with Gasteiger partial charge in [-0.25, -0.2) is 0 Å². The average Bonchev–Trinajstić information content (AvgIpc) is 2.68. The minimum absolute atomic E-state index is 0.225. The molecule has 2 rings (SSSR count). The Bertz CT molecular complexity index is 842. The van der Waals surface area contributed by atoms with Crippen LogP contribution < -0.4 is 5.32 Å². The van der Waals surface area contributed by atoms with Crippen molar-refractivity contribution in [3.05, 3.63) is 102 Å². The van der Waals surface area contributed by atoms with Crippen LogP contribution in [-0.4, -0.2) is 11.9 Å². The topological polar surface area (TPSA) is 24.4 Å². The molecule has 0 bridgehead atoms. The van der Waals surface area contributed by atoms with Crippen molar-refractivity contribution in [2.24, 2.45) is 10.9 Å². The summed E-state index contributed by atoms with van der Waals surface area (Å²) >= 11 is 0. The molecule has 1 atom stereocenters. The minimum Gasteiger partial charge on any atom is -0.340 e. The summed E-state index contributed by atoms with van der Waals surface area (Å²) in [7, 11) is 0. The third-order valence-electron chi connectivity index (χ3n) is 4.30. The summed E-state index contributed by atoms with van der Waals surface area (Å²) in [4.78, 5) is 4.78. The van der Waals surface area contributed by atoms with Gasteiger partial charge in [-0.1, -0.05) is 85.8 Å². The second-order valence-electron chi connectivity index (χ2n) is 7.44. The summed E-state index contributed by atoms with van der Waals surface area (Å²) in [5, 5.41) is 3.52. The maximum absolute atomic E-state index is 4.78. The SMILES string of the molecule is C=C/C(C)=C\C=C/C(C)Cc1cccc(NC(=NC(C)C)c2ccccc2)c1. The van der Waals surface area contributed by atoms with Crippen LogP contribution in [0.5, 0.6) is 0 Å². The summed E-state index contributed by atoms with van der Waals surface area (Å²) in [6.07, 6.45) is 9.31. The molecule has 28 heavy (non-hydrogen) atoms. The molecule has 0 heterocycles. The predicted molar refractivity (Wildman–Crippen MR) is 124 cm³/mol. The van der Waals surface area contributed by atoms with Crippen molar-refractivity contribution in [1.29, 1.82) is 0 Å². The summed E-state index contributed by atoms with van der Waals surface area (Å²) < 4.78 is 0. The largest absolute Gasteiger partial charge is 0.340 e. The number of nitrogens with zero attached hydrogens (tertiary/aromatic N) is 1. The van der Waals surface area contributed by atoms with E-state index in [1.807, 2.05) is 24.3 Å². The molecular formula is C26H32N2. The highest BCUT2D eigenvalue weighted by atomic mass is 15.0. The van der Waals surface area contributed by atoms with Gasteiger partial charge in [0, 0.05) is 17.3 Å². The van der Waals surface area contributed by atoms with Gasteiger partial charge in [0.25, 0.3) is 0 Å². The smallest absolute Gasteiger partial charge is 0.132 e. The first-order chi connectivity index (χ1) is 13.5. The van der Waals surface area contributed by atoms with Gasteiger partial charge in [-0.15, -0.1) is 0 Å². The molecule has 2 aromatic carbocycles. The number of aliphatic imine (C=N–C) groups is 1. The Morgan fingerprint density at radius 3 is 2.50 bits per heavy atom. The van der Waals surface area contributed by atoms with Crippen LogP contribution in [0.25, 0.3) is 0 Å². The van der Waals surface area contributed by atoms with E-state index in [2.05, 4.69) is 94.2 Å². The Kier molecular flexibility index (Phi) is 8.48. The van der Waals surface area contributed by atoms with Gasteiger partial charge >= 0.3 is 0 Å². The molecular weight excluding hydrogens is 340 g/mol. The van der Waals surface area contributed by atoms with Crippen LogP contribution in [0.1, 0.15) is 38.8 Å². The van der Waals surface area contributed by atoms with Crippen LogP contribution in [0.4, 0.5) is 5.69 Å². The molecule has 0 radical (unpaired) electrons. The Labute approximate surface area is 170 Å². The second-order valence-corrected chi connectivity index (χ2v) is 7.44. The number of amidine groups is 1. The van der Waals surface area contributed by atoms with Gasteiger partial charge in [-0.3, -0.25) is 4.99 Å². The monoisotopic (exact) mass is 372 g/mol. The van der Waals surface area contributed by atoms with Gasteiger partial charge in [0.05, 0.1) is 0 Å². The lowest BCUT2D eigenvalue weighted by Crippen LogP contribution is -2.16. The van der Waals surface area contributed by atoms with E-state index in [1.165, 1.54) is 11.1 Å². The number of benzene rings is 2. The van der Waals surface area contributed by atoms with Crippen LogP contribution in [0, 0.1) is 5.92 Å². The van der Waals surface area contributed by atoms with Gasteiger partial charge in [0.15, 0.2) is 0 Å². The fourth-order valence-electron chi connectivity index (χ4n) is 2.85. The lowest BCUT2D eigenvalue weighted by Gasteiger charge is -2.14. The number of nitrogens with one attached hydrogen (secondary N) is 1. The van der Waals surface area contributed by atoms with Crippen LogP contribution in [0.3, 0.4) is 0 Å². The number of hydrogen-bond acceptors (Lipinski definition) is 1. The van der Waals surface area contributed by atoms with Crippen molar-refractivity contribution >= 4 is 11.5 Å². The van der Waals surface area contributed by atoms with E-state index in [0.29, 0.717) is 5.92 Å². The highest BCUT2D eigenvalue weighted by molar-refractivity contribution is 6.08. The lowest BCUT2D eigenvalue weighted by atomic mass is 10.00. The van der Waals surface area contributed by atoms with Crippen LogP contribution in [0.15, 0.2) is 96.0 Å². The standard InChI is InChI=1S/C26H32N2/c1-6-21(4)12-10-13-22(5)18-23-14-11-17-25(19-23)28-26(27-20(2)3)24-15-8-7-9-16-24/h6-17,19-20,22H,1,18H2,2-5H3,(H,27,28)/b13-10-,21-12-. The van der Waals surface area contributed by atoms with Gasteiger partial charge in [0.1, 0.15) is 5.84 Å². The molecule has 0 fully saturated rings. The maximum Gasteiger partial charge on any atom is 0.132 e. The van der Waals surface area contributed by atoms with E-state index in [0.717, 1.165) is 23.5 Å². The minimum atomic E-state index is 0.225. The molecule has 2 nitrogen and oxygen atoms in total. The molecule has 0 aliphatic rings. The van der Waals surface area contributed by atoms with E-state index in [-0.39, 0.29) is 6.04 Å². The highest BCUT2D eigenvalue weighted by Crippen LogP contribution is 2.17. The Hall–Kier alpha value is -2.87. The number of anilines is 1. The summed E-state index contributed by atoms with van der Waals surface area (Å²) in [5.74, 6) is 1.37. The van der Waals surface area contributed by atoms with Gasteiger partial charge < -0.3 is 5.32 Å². The van der Waals surface area contributed by atoms with Crippen molar-refractivity contribution in [2.75, 3.05) is 5.32 Å². The molecule has 2 aromatic rings.